The van der Waals surface area contributed by atoms with Gasteiger partial charge in [-0.05, 0) is 38.8 Å². The molecule has 27 heavy (non-hydrogen) atoms. The summed E-state index contributed by atoms with van der Waals surface area (Å²) in [6.07, 6.45) is 3.23. The number of rotatable bonds is 5. The van der Waals surface area contributed by atoms with Gasteiger partial charge in [0.15, 0.2) is 0 Å². The second-order valence-corrected chi connectivity index (χ2v) is 7.85. The molecule has 0 atom stereocenters. The van der Waals surface area contributed by atoms with E-state index in [9.17, 15) is 9.59 Å². The Balaban J connectivity index is 1.98. The Kier molecular flexibility index (Phi) is 4.91. The van der Waals surface area contributed by atoms with Crippen molar-refractivity contribution in [2.45, 2.75) is 59.2 Å². The molecule has 0 aliphatic rings. The third-order valence-corrected chi connectivity index (χ3v) is 4.23. The second kappa shape index (κ2) is 7.02. The minimum absolute atomic E-state index is 0.0862. The summed E-state index contributed by atoms with van der Waals surface area (Å²) in [5.74, 6) is 0.424. The molecule has 8 nitrogen and oxygen atoms in total. The molecular weight excluding hydrogens is 346 g/mol. The zero-order valence-corrected chi connectivity index (χ0v) is 16.3. The first-order valence-electron chi connectivity index (χ1n) is 8.96. The number of amides is 1. The quantitative estimate of drug-likeness (QED) is 0.743. The van der Waals surface area contributed by atoms with Crippen LogP contribution < -0.4 is 10.9 Å². The smallest absolute Gasteiger partial charge is 0.293 e. The first kappa shape index (κ1) is 18.9. The summed E-state index contributed by atoms with van der Waals surface area (Å²) in [5.41, 5.74) is 0.532. The van der Waals surface area contributed by atoms with Gasteiger partial charge in [0.1, 0.15) is 17.8 Å². The van der Waals surface area contributed by atoms with Crippen LogP contribution in [0.2, 0.25) is 0 Å². The van der Waals surface area contributed by atoms with Crippen LogP contribution in [0.5, 0.6) is 0 Å². The third-order valence-electron chi connectivity index (χ3n) is 4.23. The SMILES string of the molecule is CC(C)c1nn(CC(=O)NCc2ccco2)c(=O)c2c1cnn2C(C)(C)C. The van der Waals surface area contributed by atoms with Crippen LogP contribution in [0.1, 0.15) is 52.0 Å². The molecule has 0 unspecified atom stereocenters. The molecule has 0 fully saturated rings. The highest BCUT2D eigenvalue weighted by molar-refractivity contribution is 5.81. The average molecular weight is 371 g/mol. The van der Waals surface area contributed by atoms with Crippen LogP contribution in [-0.4, -0.2) is 25.5 Å². The molecule has 3 rings (SSSR count). The van der Waals surface area contributed by atoms with Crippen LogP contribution in [0.25, 0.3) is 10.9 Å². The lowest BCUT2D eigenvalue weighted by Gasteiger charge is -2.21. The Morgan fingerprint density at radius 2 is 2.07 bits per heavy atom. The molecule has 3 aromatic heterocycles. The molecule has 0 aliphatic heterocycles. The van der Waals surface area contributed by atoms with Crippen LogP contribution >= 0.6 is 0 Å². The van der Waals surface area contributed by atoms with E-state index in [1.54, 1.807) is 29.3 Å². The molecule has 3 heterocycles. The molecule has 0 aromatic carbocycles. The molecule has 0 aliphatic carbocycles. The number of furan rings is 1. The van der Waals surface area contributed by atoms with Crippen molar-refractivity contribution in [3.05, 3.63) is 46.4 Å². The van der Waals surface area contributed by atoms with Gasteiger partial charge in [-0.2, -0.15) is 10.2 Å². The van der Waals surface area contributed by atoms with Crippen molar-refractivity contribution in [3.63, 3.8) is 0 Å². The van der Waals surface area contributed by atoms with Gasteiger partial charge in [-0.15, -0.1) is 0 Å². The molecule has 144 valence electrons. The number of fused-ring (bicyclic) bond motifs is 1. The number of hydrogen-bond acceptors (Lipinski definition) is 5. The molecule has 1 amide bonds. The Bertz CT molecular complexity index is 1010. The van der Waals surface area contributed by atoms with E-state index in [2.05, 4.69) is 15.5 Å². The molecule has 0 spiro atoms. The number of carbonyl (C=O) groups excluding carboxylic acids is 1. The largest absolute Gasteiger partial charge is 0.467 e. The second-order valence-electron chi connectivity index (χ2n) is 7.85. The van der Waals surface area contributed by atoms with Crippen LogP contribution in [0.15, 0.2) is 33.8 Å². The highest BCUT2D eigenvalue weighted by atomic mass is 16.3. The van der Waals surface area contributed by atoms with E-state index < -0.39 is 0 Å². The van der Waals surface area contributed by atoms with E-state index in [1.807, 2.05) is 34.6 Å². The summed E-state index contributed by atoms with van der Waals surface area (Å²) in [6, 6.07) is 3.53. The van der Waals surface area contributed by atoms with Gasteiger partial charge in [-0.1, -0.05) is 13.8 Å². The summed E-state index contributed by atoms with van der Waals surface area (Å²) in [4.78, 5) is 25.4. The maximum atomic E-state index is 13.0. The van der Waals surface area contributed by atoms with Crippen LogP contribution in [0.3, 0.4) is 0 Å². The normalized spacial score (nSPS) is 12.1. The van der Waals surface area contributed by atoms with Crippen molar-refractivity contribution >= 4 is 16.8 Å². The predicted octanol–water partition coefficient (Wildman–Crippen LogP) is 2.38. The summed E-state index contributed by atoms with van der Waals surface area (Å²) < 4.78 is 8.12. The van der Waals surface area contributed by atoms with Crippen LogP contribution in [0.4, 0.5) is 0 Å². The first-order valence-corrected chi connectivity index (χ1v) is 8.96. The molecule has 0 radical (unpaired) electrons. The number of nitrogens with one attached hydrogen (secondary N) is 1. The van der Waals surface area contributed by atoms with Crippen LogP contribution in [-0.2, 0) is 23.4 Å². The molecule has 0 saturated carbocycles. The van der Waals surface area contributed by atoms with E-state index in [4.69, 9.17) is 4.42 Å². The highest BCUT2D eigenvalue weighted by Gasteiger charge is 2.24. The molecular formula is C19H25N5O3. The molecule has 0 saturated heterocycles. The van der Waals surface area contributed by atoms with Crippen LogP contribution in [0, 0.1) is 0 Å². The average Bonchev–Trinajstić information content (AvgIpc) is 3.24. The van der Waals surface area contributed by atoms with Gasteiger partial charge >= 0.3 is 0 Å². The van der Waals surface area contributed by atoms with E-state index in [1.165, 1.54) is 4.68 Å². The Labute approximate surface area is 157 Å². The van der Waals surface area contributed by atoms with E-state index in [0.29, 0.717) is 11.3 Å². The Hall–Kier alpha value is -2.90. The first-order chi connectivity index (χ1) is 12.7. The maximum Gasteiger partial charge on any atom is 0.293 e. The number of carbonyl (C=O) groups is 1. The van der Waals surface area contributed by atoms with Gasteiger partial charge in [0.2, 0.25) is 5.91 Å². The van der Waals surface area contributed by atoms with Gasteiger partial charge < -0.3 is 9.73 Å². The number of hydrogen-bond donors (Lipinski definition) is 1. The summed E-state index contributed by atoms with van der Waals surface area (Å²) in [6.45, 7) is 10.0. The molecule has 3 aromatic rings. The standard InChI is InChI=1S/C19H25N5O3/c1-12(2)16-14-10-21-24(19(3,4)5)17(14)18(26)23(22-16)11-15(25)20-9-13-7-6-8-27-13/h6-8,10,12H,9,11H2,1-5H3,(H,20,25). The Morgan fingerprint density at radius 1 is 1.33 bits per heavy atom. The monoisotopic (exact) mass is 371 g/mol. The van der Waals surface area contributed by atoms with Gasteiger partial charge in [0.05, 0.1) is 30.2 Å². The zero-order valence-electron chi connectivity index (χ0n) is 16.3. The van der Waals surface area contributed by atoms with Crippen molar-refractivity contribution in [3.8, 4) is 0 Å². The summed E-state index contributed by atoms with van der Waals surface area (Å²) in [5, 5.41) is 12.3. The third kappa shape index (κ3) is 3.79. The minimum Gasteiger partial charge on any atom is -0.467 e. The topological polar surface area (TPSA) is 94.9 Å². The fourth-order valence-corrected chi connectivity index (χ4v) is 2.93. The van der Waals surface area contributed by atoms with E-state index >= 15 is 0 Å². The summed E-state index contributed by atoms with van der Waals surface area (Å²) >= 11 is 0. The zero-order chi connectivity index (χ0) is 19.8. The lowest BCUT2D eigenvalue weighted by molar-refractivity contribution is -0.122. The molecule has 0 bridgehead atoms. The fraction of sp³-hybridized carbons (Fsp3) is 0.474. The molecule has 1 N–H and O–H groups in total. The highest BCUT2D eigenvalue weighted by Crippen LogP contribution is 2.24. The fourth-order valence-electron chi connectivity index (χ4n) is 2.93. The van der Waals surface area contributed by atoms with Crippen molar-refractivity contribution in [2.24, 2.45) is 0 Å². The summed E-state index contributed by atoms with van der Waals surface area (Å²) in [7, 11) is 0. The maximum absolute atomic E-state index is 13.0. The molecule has 8 heteroatoms. The minimum atomic E-state index is -0.365. The van der Waals surface area contributed by atoms with Gasteiger partial charge in [0.25, 0.3) is 5.56 Å². The van der Waals surface area contributed by atoms with Gasteiger partial charge in [-0.25, -0.2) is 4.68 Å². The van der Waals surface area contributed by atoms with Gasteiger partial charge in [0, 0.05) is 5.39 Å². The van der Waals surface area contributed by atoms with Crippen molar-refractivity contribution in [2.75, 3.05) is 0 Å². The van der Waals surface area contributed by atoms with E-state index in [-0.39, 0.29) is 36.0 Å². The van der Waals surface area contributed by atoms with Crippen molar-refractivity contribution < 1.29 is 9.21 Å². The Morgan fingerprint density at radius 3 is 2.67 bits per heavy atom. The lowest BCUT2D eigenvalue weighted by Crippen LogP contribution is -2.36. The van der Waals surface area contributed by atoms with Crippen molar-refractivity contribution in [1.29, 1.82) is 0 Å². The van der Waals surface area contributed by atoms with Crippen molar-refractivity contribution in [1.82, 2.24) is 24.9 Å². The van der Waals surface area contributed by atoms with Gasteiger partial charge in [-0.3, -0.25) is 14.3 Å². The lowest BCUT2D eigenvalue weighted by atomic mass is 10.1. The number of aromatic nitrogens is 4. The van der Waals surface area contributed by atoms with E-state index in [0.717, 1.165) is 11.1 Å². The number of nitrogens with zero attached hydrogens (tertiary/aromatic N) is 4. The predicted molar refractivity (Wildman–Crippen MR) is 101 cm³/mol.